The second-order valence-corrected chi connectivity index (χ2v) is 5.51. The smallest absolute Gasteiger partial charge is 0.0381 e. The Labute approximate surface area is 122 Å². The van der Waals surface area contributed by atoms with Crippen LogP contribution in [0.5, 0.6) is 0 Å². The predicted molar refractivity (Wildman–Crippen MR) is 88.6 cm³/mol. The molecule has 0 amide bonds. The molecule has 20 heavy (non-hydrogen) atoms. The summed E-state index contributed by atoms with van der Waals surface area (Å²) in [7, 11) is 4.13. The van der Waals surface area contributed by atoms with E-state index in [2.05, 4.69) is 85.8 Å². The standard InChI is InChI=1S/C18H24N2/c1-15(12-13-16-8-5-4-6-9-16)19-17-10-7-11-18(14-17)20(2)3/h4-11,14-15,19H,12-13H2,1-3H3. The van der Waals surface area contributed by atoms with Gasteiger partial charge in [0.1, 0.15) is 0 Å². The van der Waals surface area contributed by atoms with Gasteiger partial charge in [0, 0.05) is 31.5 Å². The number of benzene rings is 2. The molecule has 0 heterocycles. The maximum Gasteiger partial charge on any atom is 0.0381 e. The highest BCUT2D eigenvalue weighted by molar-refractivity contribution is 5.57. The molecule has 0 aliphatic carbocycles. The number of rotatable bonds is 6. The first-order valence-electron chi connectivity index (χ1n) is 7.23. The minimum atomic E-state index is 0.465. The number of nitrogens with zero attached hydrogens (tertiary/aromatic N) is 1. The van der Waals surface area contributed by atoms with Crippen LogP contribution < -0.4 is 10.2 Å². The van der Waals surface area contributed by atoms with Gasteiger partial charge >= 0.3 is 0 Å². The largest absolute Gasteiger partial charge is 0.383 e. The number of hydrogen-bond donors (Lipinski definition) is 1. The third-order valence-corrected chi connectivity index (χ3v) is 3.48. The molecule has 0 spiro atoms. The van der Waals surface area contributed by atoms with E-state index in [0.717, 1.165) is 12.8 Å². The molecule has 0 radical (unpaired) electrons. The molecular formula is C18H24N2. The molecule has 0 fully saturated rings. The Morgan fingerprint density at radius 1 is 1.00 bits per heavy atom. The molecule has 0 aliphatic heterocycles. The van der Waals surface area contributed by atoms with Gasteiger partial charge in [0.2, 0.25) is 0 Å². The van der Waals surface area contributed by atoms with Crippen LogP contribution in [0.2, 0.25) is 0 Å². The van der Waals surface area contributed by atoms with Gasteiger partial charge in [-0.25, -0.2) is 0 Å². The Balaban J connectivity index is 1.88. The molecule has 0 bridgehead atoms. The lowest BCUT2D eigenvalue weighted by Gasteiger charge is -2.18. The van der Waals surface area contributed by atoms with Crippen molar-refractivity contribution in [3.05, 3.63) is 60.2 Å². The Morgan fingerprint density at radius 3 is 2.45 bits per heavy atom. The molecule has 0 aromatic heterocycles. The number of anilines is 2. The van der Waals surface area contributed by atoms with Crippen LogP contribution in [0, 0.1) is 0 Å². The molecule has 106 valence electrons. The lowest BCUT2D eigenvalue weighted by atomic mass is 10.1. The lowest BCUT2D eigenvalue weighted by Crippen LogP contribution is -2.16. The van der Waals surface area contributed by atoms with Crippen molar-refractivity contribution in [2.24, 2.45) is 0 Å². The molecule has 1 N–H and O–H groups in total. The lowest BCUT2D eigenvalue weighted by molar-refractivity contribution is 0.706. The summed E-state index contributed by atoms with van der Waals surface area (Å²) in [5.41, 5.74) is 3.82. The normalized spacial score (nSPS) is 11.9. The topological polar surface area (TPSA) is 15.3 Å². The van der Waals surface area contributed by atoms with E-state index in [1.807, 2.05) is 0 Å². The molecule has 0 saturated heterocycles. The van der Waals surface area contributed by atoms with Gasteiger partial charge in [-0.2, -0.15) is 0 Å². The van der Waals surface area contributed by atoms with Crippen LogP contribution in [0.3, 0.4) is 0 Å². The summed E-state index contributed by atoms with van der Waals surface area (Å²) in [5.74, 6) is 0. The van der Waals surface area contributed by atoms with Gasteiger partial charge in [0.25, 0.3) is 0 Å². The van der Waals surface area contributed by atoms with Crippen molar-refractivity contribution >= 4 is 11.4 Å². The molecule has 2 aromatic rings. The van der Waals surface area contributed by atoms with Crippen molar-refractivity contribution in [2.75, 3.05) is 24.3 Å². The summed E-state index contributed by atoms with van der Waals surface area (Å²) >= 11 is 0. The molecule has 1 unspecified atom stereocenters. The van der Waals surface area contributed by atoms with Gasteiger partial charge in [-0.1, -0.05) is 36.4 Å². The first-order valence-corrected chi connectivity index (χ1v) is 7.23. The fraction of sp³-hybridized carbons (Fsp3) is 0.333. The van der Waals surface area contributed by atoms with Gasteiger partial charge in [-0.15, -0.1) is 0 Å². The highest BCUT2D eigenvalue weighted by Gasteiger charge is 2.04. The van der Waals surface area contributed by atoms with E-state index < -0.39 is 0 Å². The average molecular weight is 268 g/mol. The first kappa shape index (κ1) is 14.4. The minimum absolute atomic E-state index is 0.465. The van der Waals surface area contributed by atoms with E-state index in [-0.39, 0.29) is 0 Å². The second-order valence-electron chi connectivity index (χ2n) is 5.51. The zero-order valence-electron chi connectivity index (χ0n) is 12.6. The molecule has 2 heteroatoms. The van der Waals surface area contributed by atoms with Gasteiger partial charge in [0.15, 0.2) is 0 Å². The first-order chi connectivity index (χ1) is 9.65. The summed E-state index contributed by atoms with van der Waals surface area (Å²) < 4.78 is 0. The van der Waals surface area contributed by atoms with Crippen LogP contribution in [0.1, 0.15) is 18.9 Å². The van der Waals surface area contributed by atoms with E-state index in [1.165, 1.54) is 16.9 Å². The fourth-order valence-corrected chi connectivity index (χ4v) is 2.26. The monoisotopic (exact) mass is 268 g/mol. The van der Waals surface area contributed by atoms with Crippen molar-refractivity contribution in [3.8, 4) is 0 Å². The number of nitrogens with one attached hydrogen (secondary N) is 1. The SMILES string of the molecule is CC(CCc1ccccc1)Nc1cccc(N(C)C)c1. The van der Waals surface area contributed by atoms with Crippen LogP contribution in [-0.2, 0) is 6.42 Å². The maximum atomic E-state index is 3.58. The van der Waals surface area contributed by atoms with Crippen molar-refractivity contribution in [1.82, 2.24) is 0 Å². The zero-order chi connectivity index (χ0) is 14.4. The van der Waals surface area contributed by atoms with Gasteiger partial charge < -0.3 is 10.2 Å². The Hall–Kier alpha value is -1.96. The van der Waals surface area contributed by atoms with Gasteiger partial charge in [-0.3, -0.25) is 0 Å². The van der Waals surface area contributed by atoms with Crippen molar-refractivity contribution in [2.45, 2.75) is 25.8 Å². The molecule has 0 saturated carbocycles. The highest BCUT2D eigenvalue weighted by Crippen LogP contribution is 2.18. The minimum Gasteiger partial charge on any atom is -0.383 e. The molecular weight excluding hydrogens is 244 g/mol. The summed E-state index contributed by atoms with van der Waals surface area (Å²) in [6, 6.07) is 19.7. The van der Waals surface area contributed by atoms with E-state index in [1.54, 1.807) is 0 Å². The van der Waals surface area contributed by atoms with E-state index >= 15 is 0 Å². The maximum absolute atomic E-state index is 3.58. The Morgan fingerprint density at radius 2 is 1.75 bits per heavy atom. The molecule has 2 rings (SSSR count). The average Bonchev–Trinajstić information content (AvgIpc) is 2.46. The Kier molecular flexibility index (Phi) is 5.05. The predicted octanol–water partition coefficient (Wildman–Crippen LogP) is 4.19. The molecule has 1 atom stereocenters. The third kappa shape index (κ3) is 4.30. The van der Waals surface area contributed by atoms with E-state index in [9.17, 15) is 0 Å². The van der Waals surface area contributed by atoms with Crippen LogP contribution in [0.25, 0.3) is 0 Å². The molecule has 2 aromatic carbocycles. The van der Waals surface area contributed by atoms with E-state index in [4.69, 9.17) is 0 Å². The van der Waals surface area contributed by atoms with Gasteiger partial charge in [-0.05, 0) is 43.5 Å². The third-order valence-electron chi connectivity index (χ3n) is 3.48. The number of hydrogen-bond acceptors (Lipinski definition) is 2. The number of aryl methyl sites for hydroxylation is 1. The summed E-state index contributed by atoms with van der Waals surface area (Å²) in [6.45, 7) is 2.24. The van der Waals surface area contributed by atoms with Crippen LogP contribution >= 0.6 is 0 Å². The summed E-state index contributed by atoms with van der Waals surface area (Å²) in [6.07, 6.45) is 2.25. The summed E-state index contributed by atoms with van der Waals surface area (Å²) in [4.78, 5) is 2.12. The molecule has 0 aliphatic rings. The zero-order valence-corrected chi connectivity index (χ0v) is 12.6. The van der Waals surface area contributed by atoms with Crippen molar-refractivity contribution in [3.63, 3.8) is 0 Å². The molecule has 2 nitrogen and oxygen atoms in total. The van der Waals surface area contributed by atoms with Crippen LogP contribution in [0.15, 0.2) is 54.6 Å². The highest BCUT2D eigenvalue weighted by atomic mass is 15.1. The van der Waals surface area contributed by atoms with E-state index in [0.29, 0.717) is 6.04 Å². The summed E-state index contributed by atoms with van der Waals surface area (Å²) in [5, 5.41) is 3.58. The Bertz CT molecular complexity index is 520. The fourth-order valence-electron chi connectivity index (χ4n) is 2.26. The quantitative estimate of drug-likeness (QED) is 0.845. The van der Waals surface area contributed by atoms with Crippen LogP contribution in [0.4, 0.5) is 11.4 Å². The van der Waals surface area contributed by atoms with Crippen molar-refractivity contribution in [1.29, 1.82) is 0 Å². The second kappa shape index (κ2) is 6.99. The van der Waals surface area contributed by atoms with Crippen LogP contribution in [-0.4, -0.2) is 20.1 Å². The van der Waals surface area contributed by atoms with Crippen molar-refractivity contribution < 1.29 is 0 Å². The van der Waals surface area contributed by atoms with Gasteiger partial charge in [0.05, 0.1) is 0 Å².